The maximum atomic E-state index is 10.5. The number of nitriles is 1. The van der Waals surface area contributed by atoms with E-state index in [0.717, 1.165) is 10.5 Å². The van der Waals surface area contributed by atoms with Crippen LogP contribution in [0.1, 0.15) is 5.56 Å². The summed E-state index contributed by atoms with van der Waals surface area (Å²) in [4.78, 5) is 0.837. The predicted octanol–water partition coefficient (Wildman–Crippen LogP) is 2.71. The van der Waals surface area contributed by atoms with Gasteiger partial charge in [-0.05, 0) is 11.8 Å². The number of thioether (sulfide) groups is 1. The third-order valence-electron chi connectivity index (χ3n) is 1.89. The van der Waals surface area contributed by atoms with E-state index in [9.17, 15) is 4.21 Å². The van der Waals surface area contributed by atoms with Gasteiger partial charge in [0.05, 0.1) is 10.5 Å². The van der Waals surface area contributed by atoms with Crippen molar-refractivity contribution in [1.29, 1.82) is 5.26 Å². The van der Waals surface area contributed by atoms with Gasteiger partial charge in [-0.1, -0.05) is 30.3 Å². The van der Waals surface area contributed by atoms with Gasteiger partial charge in [0.15, 0.2) is 0 Å². The van der Waals surface area contributed by atoms with E-state index in [0.29, 0.717) is 23.0 Å². The number of nitrogens with zero attached hydrogens (tertiary/aromatic N) is 1. The van der Waals surface area contributed by atoms with Crippen LogP contribution in [-0.2, 0) is 15.9 Å². The molecule has 0 aliphatic carbocycles. The van der Waals surface area contributed by atoms with Crippen LogP contribution in [0.5, 0.6) is 0 Å². The first kappa shape index (κ1) is 11.9. The third-order valence-corrected chi connectivity index (χ3v) is 3.32. The minimum Gasteiger partial charge on any atom is -0.192 e. The lowest BCUT2D eigenvalue weighted by Gasteiger charge is -2.01. The fourth-order valence-electron chi connectivity index (χ4n) is 1.18. The summed E-state index contributed by atoms with van der Waals surface area (Å²) in [6.45, 7) is 0. The van der Waals surface area contributed by atoms with Crippen molar-refractivity contribution in [2.75, 3.05) is 12.0 Å². The van der Waals surface area contributed by atoms with E-state index in [1.54, 1.807) is 0 Å². The molecule has 0 bridgehead atoms. The zero-order valence-corrected chi connectivity index (χ0v) is 9.90. The standard InChI is InChI=1S/C11H10NOS2/c1-14-11(8-15-13)10(7-12)9-5-3-2-4-6-9/h2-6H,8H2,1H3/q+1. The molecule has 2 nitrogen and oxygen atoms in total. The zero-order valence-electron chi connectivity index (χ0n) is 8.27. The van der Waals surface area contributed by atoms with Crippen LogP contribution in [0.2, 0.25) is 0 Å². The number of hydrogen-bond acceptors (Lipinski definition) is 3. The largest absolute Gasteiger partial charge is 0.464 e. The molecular formula is C11H10NOS2+. The van der Waals surface area contributed by atoms with Gasteiger partial charge in [0.25, 0.3) is 5.75 Å². The summed E-state index contributed by atoms with van der Waals surface area (Å²) in [6, 6.07) is 11.6. The van der Waals surface area contributed by atoms with Crippen LogP contribution in [0.4, 0.5) is 0 Å². The third kappa shape index (κ3) is 3.15. The molecule has 0 spiro atoms. The molecule has 1 aromatic carbocycles. The van der Waals surface area contributed by atoms with E-state index < -0.39 is 0 Å². The molecule has 0 amide bonds. The maximum Gasteiger partial charge on any atom is 0.464 e. The lowest BCUT2D eigenvalue weighted by atomic mass is 10.1. The second-order valence-electron chi connectivity index (χ2n) is 2.74. The van der Waals surface area contributed by atoms with Crippen LogP contribution in [0.25, 0.3) is 5.57 Å². The van der Waals surface area contributed by atoms with Crippen LogP contribution >= 0.6 is 11.8 Å². The molecule has 1 rings (SSSR count). The number of hydrogen-bond donors (Lipinski definition) is 0. The smallest absolute Gasteiger partial charge is 0.192 e. The molecule has 0 aliphatic heterocycles. The Hall–Kier alpha value is -1.18. The monoisotopic (exact) mass is 236 g/mol. The molecule has 0 fully saturated rings. The summed E-state index contributed by atoms with van der Waals surface area (Å²) in [6.07, 6.45) is 1.88. The van der Waals surface area contributed by atoms with E-state index >= 15 is 0 Å². The molecule has 0 heterocycles. The van der Waals surface area contributed by atoms with Crippen molar-refractivity contribution in [3.63, 3.8) is 0 Å². The molecule has 15 heavy (non-hydrogen) atoms. The highest BCUT2D eigenvalue weighted by Crippen LogP contribution is 2.24. The zero-order chi connectivity index (χ0) is 11.1. The quantitative estimate of drug-likeness (QED) is 0.596. The normalized spacial score (nSPS) is 11.5. The molecular weight excluding hydrogens is 226 g/mol. The molecule has 0 saturated carbocycles. The molecule has 0 unspecified atom stereocenters. The van der Waals surface area contributed by atoms with Crippen LogP contribution in [0, 0.1) is 11.3 Å². The summed E-state index contributed by atoms with van der Waals surface area (Å²) in [5.41, 5.74) is 1.48. The SMILES string of the molecule is CSC(C[S+]=O)=C(C#N)c1ccccc1. The molecule has 0 atom stereocenters. The minimum absolute atomic E-state index is 0.346. The van der Waals surface area contributed by atoms with Crippen molar-refractivity contribution in [1.82, 2.24) is 0 Å². The van der Waals surface area contributed by atoms with E-state index in [2.05, 4.69) is 6.07 Å². The number of allylic oxidation sites excluding steroid dienone is 1. The Balaban J connectivity index is 3.18. The second-order valence-corrected chi connectivity index (χ2v) is 4.17. The van der Waals surface area contributed by atoms with Crippen molar-refractivity contribution in [3.05, 3.63) is 40.8 Å². The van der Waals surface area contributed by atoms with Gasteiger partial charge in [-0.3, -0.25) is 0 Å². The van der Waals surface area contributed by atoms with E-state index in [4.69, 9.17) is 5.26 Å². The molecule has 0 saturated heterocycles. The van der Waals surface area contributed by atoms with E-state index in [-0.39, 0.29) is 0 Å². The van der Waals surface area contributed by atoms with Crippen molar-refractivity contribution >= 4 is 29.0 Å². The molecule has 0 radical (unpaired) electrons. The molecule has 0 aliphatic rings. The Morgan fingerprint density at radius 1 is 1.47 bits per heavy atom. The molecule has 1 aromatic rings. The van der Waals surface area contributed by atoms with Gasteiger partial charge in [0.1, 0.15) is 6.07 Å². The highest BCUT2D eigenvalue weighted by molar-refractivity contribution is 8.03. The van der Waals surface area contributed by atoms with E-state index in [1.165, 1.54) is 11.8 Å². The van der Waals surface area contributed by atoms with Gasteiger partial charge < -0.3 is 0 Å². The van der Waals surface area contributed by atoms with Crippen molar-refractivity contribution in [2.24, 2.45) is 0 Å². The Morgan fingerprint density at radius 2 is 2.13 bits per heavy atom. The first-order chi connectivity index (χ1) is 7.33. The van der Waals surface area contributed by atoms with Crippen LogP contribution in [0.3, 0.4) is 0 Å². The summed E-state index contributed by atoms with van der Waals surface area (Å²) >= 11 is 1.95. The van der Waals surface area contributed by atoms with Gasteiger partial charge in [-0.25, -0.2) is 0 Å². The topological polar surface area (TPSA) is 40.9 Å². The summed E-state index contributed by atoms with van der Waals surface area (Å²) in [5.74, 6) is 0.346. The van der Waals surface area contributed by atoms with Crippen molar-refractivity contribution in [2.45, 2.75) is 0 Å². The van der Waals surface area contributed by atoms with Gasteiger partial charge in [-0.2, -0.15) is 5.26 Å². The molecule has 4 heteroatoms. The summed E-state index contributed by atoms with van der Waals surface area (Å²) in [7, 11) is 0. The Morgan fingerprint density at radius 3 is 2.60 bits per heavy atom. The van der Waals surface area contributed by atoms with Gasteiger partial charge in [0.2, 0.25) is 0 Å². The number of benzene rings is 1. The Bertz CT molecular complexity index is 406. The Kier molecular flexibility index (Phi) is 5.02. The minimum atomic E-state index is 0.346. The molecule has 0 N–H and O–H groups in total. The van der Waals surface area contributed by atoms with Gasteiger partial charge >= 0.3 is 11.7 Å². The highest BCUT2D eigenvalue weighted by atomic mass is 32.2. The maximum absolute atomic E-state index is 10.5. The summed E-state index contributed by atoms with van der Waals surface area (Å²) in [5, 5.41) is 9.08. The second kappa shape index (κ2) is 6.33. The highest BCUT2D eigenvalue weighted by Gasteiger charge is 2.13. The Labute approximate surface area is 97.5 Å². The lowest BCUT2D eigenvalue weighted by molar-refractivity contribution is 0.606. The average Bonchev–Trinajstić information content (AvgIpc) is 2.30. The van der Waals surface area contributed by atoms with E-state index in [1.807, 2.05) is 36.6 Å². The number of rotatable bonds is 4. The summed E-state index contributed by atoms with van der Waals surface area (Å²) < 4.78 is 10.5. The molecule has 76 valence electrons. The fourth-order valence-corrected chi connectivity index (χ4v) is 2.41. The van der Waals surface area contributed by atoms with Crippen molar-refractivity contribution < 1.29 is 4.21 Å². The van der Waals surface area contributed by atoms with Crippen LogP contribution < -0.4 is 0 Å². The van der Waals surface area contributed by atoms with Gasteiger partial charge in [-0.15, -0.1) is 11.8 Å². The lowest BCUT2D eigenvalue weighted by Crippen LogP contribution is -1.91. The van der Waals surface area contributed by atoms with Crippen LogP contribution in [-0.4, -0.2) is 12.0 Å². The van der Waals surface area contributed by atoms with Gasteiger partial charge in [0, 0.05) is 4.21 Å². The average molecular weight is 236 g/mol. The first-order valence-corrected chi connectivity index (χ1v) is 6.44. The molecule has 0 aromatic heterocycles. The first-order valence-electron chi connectivity index (χ1n) is 4.31. The van der Waals surface area contributed by atoms with Crippen molar-refractivity contribution in [3.8, 4) is 6.07 Å². The van der Waals surface area contributed by atoms with Crippen LogP contribution in [0.15, 0.2) is 35.2 Å². The predicted molar refractivity (Wildman–Crippen MR) is 65.4 cm³/mol. The fraction of sp³-hybridized carbons (Fsp3) is 0.182.